The lowest BCUT2D eigenvalue weighted by Crippen LogP contribution is -2.13. The van der Waals surface area contributed by atoms with Crippen LogP contribution in [-0.4, -0.2) is 15.0 Å². The first-order valence-corrected chi connectivity index (χ1v) is 9.83. The number of benzene rings is 3. The normalized spacial score (nSPS) is 10.5. The molecule has 1 heterocycles. The van der Waals surface area contributed by atoms with E-state index in [1.165, 1.54) is 0 Å². The van der Waals surface area contributed by atoms with E-state index in [2.05, 4.69) is 22.5 Å². The molecule has 6 nitrogen and oxygen atoms in total. The second-order valence-corrected chi connectivity index (χ2v) is 7.24. The largest absolute Gasteiger partial charge is 0.487 e. The second-order valence-electron chi connectivity index (χ2n) is 6.80. The van der Waals surface area contributed by atoms with Gasteiger partial charge in [-0.1, -0.05) is 41.1 Å². The first-order chi connectivity index (χ1) is 15.2. The lowest BCUT2D eigenvalue weighted by atomic mass is 9.97. The predicted molar refractivity (Wildman–Crippen MR) is 115 cm³/mol. The lowest BCUT2D eigenvalue weighted by molar-refractivity contribution is 0.301. The molecule has 3 aromatic carbocycles. The Balaban J connectivity index is 1.62. The first-order valence-electron chi connectivity index (χ1n) is 9.45. The van der Waals surface area contributed by atoms with Crippen molar-refractivity contribution in [3.8, 4) is 17.9 Å². The zero-order valence-corrected chi connectivity index (χ0v) is 17.1. The molecule has 0 N–H and O–H groups in total. The number of aromatic nitrogens is 3. The van der Waals surface area contributed by atoms with E-state index in [4.69, 9.17) is 26.9 Å². The van der Waals surface area contributed by atoms with Crippen molar-refractivity contribution in [2.75, 3.05) is 0 Å². The Kier molecular flexibility index (Phi) is 5.93. The van der Waals surface area contributed by atoms with Crippen LogP contribution in [0.25, 0.3) is 0 Å². The molecule has 0 amide bonds. The Bertz CT molecular complexity index is 1190. The van der Waals surface area contributed by atoms with E-state index in [1.54, 1.807) is 53.2 Å². The molecule has 0 spiro atoms. The molecule has 150 valence electrons. The summed E-state index contributed by atoms with van der Waals surface area (Å²) in [4.78, 5) is 0. The number of nitrogens with zero attached hydrogens (tertiary/aromatic N) is 5. The molecular weight excluding hydrogens is 410 g/mol. The molecule has 0 aliphatic carbocycles. The number of nitriles is 2. The number of hydrogen-bond donors (Lipinski definition) is 0. The molecule has 0 unspecified atom stereocenters. The van der Waals surface area contributed by atoms with Gasteiger partial charge in [-0.05, 0) is 59.7 Å². The highest BCUT2D eigenvalue weighted by molar-refractivity contribution is 6.30. The van der Waals surface area contributed by atoms with E-state index in [0.717, 1.165) is 11.1 Å². The van der Waals surface area contributed by atoms with Gasteiger partial charge < -0.3 is 4.74 Å². The highest BCUT2D eigenvalue weighted by Gasteiger charge is 2.19. The molecule has 0 aliphatic rings. The molecule has 0 atom stereocenters. The fourth-order valence-electron chi connectivity index (χ4n) is 3.17. The van der Waals surface area contributed by atoms with Gasteiger partial charge in [0.25, 0.3) is 0 Å². The van der Waals surface area contributed by atoms with E-state index in [-0.39, 0.29) is 12.6 Å². The van der Waals surface area contributed by atoms with Crippen LogP contribution in [0.5, 0.6) is 5.75 Å². The van der Waals surface area contributed by atoms with Crippen molar-refractivity contribution in [3.63, 3.8) is 0 Å². The number of rotatable bonds is 6. The second kappa shape index (κ2) is 9.13. The quantitative estimate of drug-likeness (QED) is 0.438. The maximum absolute atomic E-state index is 9.10. The van der Waals surface area contributed by atoms with Gasteiger partial charge in [0.15, 0.2) is 0 Å². The smallest absolute Gasteiger partial charge is 0.134 e. The number of halogens is 1. The molecule has 0 aliphatic heterocycles. The van der Waals surface area contributed by atoms with Crippen LogP contribution in [0.3, 0.4) is 0 Å². The van der Waals surface area contributed by atoms with Gasteiger partial charge in [0.2, 0.25) is 0 Å². The van der Waals surface area contributed by atoms with Gasteiger partial charge in [0, 0.05) is 5.02 Å². The fraction of sp³-hybridized carbons (Fsp3) is 0.0833. The average molecular weight is 426 g/mol. The Labute approximate surface area is 184 Å². The zero-order valence-electron chi connectivity index (χ0n) is 16.3. The summed E-state index contributed by atoms with van der Waals surface area (Å²) in [7, 11) is 0. The van der Waals surface area contributed by atoms with Gasteiger partial charge in [0.05, 0.1) is 29.5 Å². The summed E-state index contributed by atoms with van der Waals surface area (Å²) in [6.07, 6.45) is 1.83. The monoisotopic (exact) mass is 425 g/mol. The summed E-state index contributed by atoms with van der Waals surface area (Å²) in [6, 6.07) is 25.8. The molecule has 0 saturated heterocycles. The van der Waals surface area contributed by atoms with Crippen molar-refractivity contribution in [1.82, 2.24) is 15.0 Å². The summed E-state index contributed by atoms with van der Waals surface area (Å²) in [5.41, 5.74) is 3.72. The van der Waals surface area contributed by atoms with Crippen molar-refractivity contribution < 1.29 is 4.74 Å². The van der Waals surface area contributed by atoms with Crippen LogP contribution in [0.1, 0.15) is 34.0 Å². The van der Waals surface area contributed by atoms with Crippen molar-refractivity contribution >= 4 is 11.6 Å². The minimum absolute atomic E-state index is 0.259. The molecule has 0 fully saturated rings. The van der Waals surface area contributed by atoms with E-state index in [1.807, 2.05) is 30.5 Å². The molecule has 31 heavy (non-hydrogen) atoms. The molecule has 4 rings (SSSR count). The summed E-state index contributed by atoms with van der Waals surface area (Å²) in [5, 5.41) is 27.4. The molecule has 1 aromatic heterocycles. The Hall–Kier alpha value is -4.13. The van der Waals surface area contributed by atoms with Crippen molar-refractivity contribution in [2.24, 2.45) is 0 Å². The summed E-state index contributed by atoms with van der Waals surface area (Å²) in [5.74, 6) is 0.690. The first kappa shape index (κ1) is 20.2. The third-order valence-electron chi connectivity index (χ3n) is 4.73. The Morgan fingerprint density at radius 1 is 0.839 bits per heavy atom. The van der Waals surface area contributed by atoms with Gasteiger partial charge in [-0.25, -0.2) is 4.68 Å². The van der Waals surface area contributed by atoms with Crippen LogP contribution < -0.4 is 4.74 Å². The molecule has 0 radical (unpaired) electrons. The Morgan fingerprint density at radius 2 is 1.39 bits per heavy atom. The molecule has 0 bridgehead atoms. The van der Waals surface area contributed by atoms with Gasteiger partial charge in [0.1, 0.15) is 24.1 Å². The molecule has 4 aromatic rings. The molecule has 0 saturated carbocycles. The average Bonchev–Trinajstić information content (AvgIpc) is 3.28. The van der Waals surface area contributed by atoms with E-state index >= 15 is 0 Å². The van der Waals surface area contributed by atoms with E-state index < -0.39 is 0 Å². The third kappa shape index (κ3) is 4.72. The SMILES string of the molecule is N#Cc1ccc(C(c2ccc(C#N)cc2)n2cc(COc3ccc(Cl)cc3)nn2)cc1. The maximum Gasteiger partial charge on any atom is 0.134 e. The third-order valence-corrected chi connectivity index (χ3v) is 4.99. The predicted octanol–water partition coefficient (Wildman–Crippen LogP) is 4.89. The van der Waals surface area contributed by atoms with Crippen LogP contribution in [0.15, 0.2) is 79.0 Å². The molecule has 7 heteroatoms. The van der Waals surface area contributed by atoms with E-state index in [0.29, 0.717) is 27.6 Å². The summed E-state index contributed by atoms with van der Waals surface area (Å²) >= 11 is 5.90. The van der Waals surface area contributed by atoms with Crippen LogP contribution in [0, 0.1) is 22.7 Å². The topological polar surface area (TPSA) is 87.5 Å². The number of hydrogen-bond acceptors (Lipinski definition) is 5. The highest BCUT2D eigenvalue weighted by Crippen LogP contribution is 2.27. The minimum atomic E-state index is -0.266. The van der Waals surface area contributed by atoms with Gasteiger partial charge in [-0.3, -0.25) is 0 Å². The maximum atomic E-state index is 9.10. The van der Waals surface area contributed by atoms with Crippen LogP contribution in [0.4, 0.5) is 0 Å². The van der Waals surface area contributed by atoms with Crippen LogP contribution in [0.2, 0.25) is 5.02 Å². The Morgan fingerprint density at radius 3 is 1.90 bits per heavy atom. The van der Waals surface area contributed by atoms with Crippen molar-refractivity contribution in [1.29, 1.82) is 10.5 Å². The fourth-order valence-corrected chi connectivity index (χ4v) is 3.30. The van der Waals surface area contributed by atoms with Gasteiger partial charge in [-0.15, -0.1) is 5.10 Å². The van der Waals surface area contributed by atoms with E-state index in [9.17, 15) is 0 Å². The van der Waals surface area contributed by atoms with Crippen LogP contribution >= 0.6 is 11.6 Å². The minimum Gasteiger partial charge on any atom is -0.487 e. The highest BCUT2D eigenvalue weighted by atomic mass is 35.5. The lowest BCUT2D eigenvalue weighted by Gasteiger charge is -2.18. The van der Waals surface area contributed by atoms with Crippen LogP contribution in [-0.2, 0) is 6.61 Å². The molecular formula is C24H16ClN5O. The van der Waals surface area contributed by atoms with Crippen molar-refractivity contribution in [3.05, 3.63) is 112 Å². The van der Waals surface area contributed by atoms with Gasteiger partial charge >= 0.3 is 0 Å². The number of ether oxygens (including phenoxy) is 1. The van der Waals surface area contributed by atoms with Gasteiger partial charge in [-0.2, -0.15) is 10.5 Å². The summed E-state index contributed by atoms with van der Waals surface area (Å²) in [6.45, 7) is 0.259. The summed E-state index contributed by atoms with van der Waals surface area (Å²) < 4.78 is 7.52. The van der Waals surface area contributed by atoms with Crippen molar-refractivity contribution in [2.45, 2.75) is 12.6 Å². The standard InChI is InChI=1S/C24H16ClN5O/c25-21-9-11-23(12-10-21)31-16-22-15-30(29-28-22)24(19-5-1-17(13-26)2-6-19)20-7-3-18(14-27)4-8-20/h1-12,15,24H,16H2. The zero-order chi connectivity index (χ0) is 21.6.